The quantitative estimate of drug-likeness (QED) is 0.859. The van der Waals surface area contributed by atoms with Crippen LogP contribution in [0.4, 0.5) is 8.78 Å². The third-order valence-electron chi connectivity index (χ3n) is 2.60. The highest BCUT2D eigenvalue weighted by Crippen LogP contribution is 2.24. The Hall–Kier alpha value is -1.74. The Balaban J connectivity index is 2.25. The largest absolute Gasteiger partial charge is 0.382 e. The summed E-state index contributed by atoms with van der Waals surface area (Å²) in [5.41, 5.74) is 2.20. The Kier molecular flexibility index (Phi) is 3.49. The number of rotatable bonds is 3. The van der Waals surface area contributed by atoms with Crippen molar-refractivity contribution >= 4 is 0 Å². The van der Waals surface area contributed by atoms with Gasteiger partial charge in [0.2, 0.25) is 0 Å². The Bertz CT molecular complexity index is 465. The van der Waals surface area contributed by atoms with E-state index in [4.69, 9.17) is 0 Å². The van der Waals surface area contributed by atoms with Crippen LogP contribution in [0.2, 0.25) is 0 Å². The molecule has 0 aliphatic heterocycles. The summed E-state index contributed by atoms with van der Waals surface area (Å²) in [5.74, 6) is 0. The topological polar surface area (TPSA) is 20.2 Å². The molecule has 17 heavy (non-hydrogen) atoms. The van der Waals surface area contributed by atoms with Gasteiger partial charge >= 0.3 is 0 Å². The molecule has 0 aliphatic rings. The van der Waals surface area contributed by atoms with E-state index in [1.54, 1.807) is 12.1 Å². The minimum atomic E-state index is -2.75. The SMILES string of the molecule is O[C@H](c1ccc(-c2ccccc2)cc1)C(F)F. The Morgan fingerprint density at radius 3 is 1.82 bits per heavy atom. The zero-order valence-corrected chi connectivity index (χ0v) is 9.05. The summed E-state index contributed by atoms with van der Waals surface area (Å²) in [7, 11) is 0. The summed E-state index contributed by atoms with van der Waals surface area (Å²) < 4.78 is 24.6. The molecule has 0 saturated heterocycles. The molecule has 2 aromatic rings. The average Bonchev–Trinajstić information content (AvgIpc) is 2.39. The number of alkyl halides is 2. The summed E-state index contributed by atoms with van der Waals surface area (Å²) in [6.45, 7) is 0. The summed E-state index contributed by atoms with van der Waals surface area (Å²) in [4.78, 5) is 0. The fourth-order valence-corrected chi connectivity index (χ4v) is 1.65. The van der Waals surface area contributed by atoms with Crippen LogP contribution >= 0.6 is 0 Å². The molecule has 1 nitrogen and oxygen atoms in total. The van der Waals surface area contributed by atoms with Crippen LogP contribution in [0.1, 0.15) is 11.7 Å². The van der Waals surface area contributed by atoms with Gasteiger partial charge in [-0.2, -0.15) is 0 Å². The number of hydrogen-bond acceptors (Lipinski definition) is 1. The fraction of sp³-hybridized carbons (Fsp3) is 0.143. The van der Waals surface area contributed by atoms with Crippen molar-refractivity contribution in [1.82, 2.24) is 0 Å². The summed E-state index contributed by atoms with van der Waals surface area (Å²) >= 11 is 0. The maximum Gasteiger partial charge on any atom is 0.268 e. The van der Waals surface area contributed by atoms with E-state index in [9.17, 15) is 13.9 Å². The molecule has 0 radical (unpaired) electrons. The van der Waals surface area contributed by atoms with Crippen molar-refractivity contribution in [3.05, 3.63) is 60.2 Å². The van der Waals surface area contributed by atoms with Crippen LogP contribution in [-0.2, 0) is 0 Å². The minimum absolute atomic E-state index is 0.236. The zero-order chi connectivity index (χ0) is 12.3. The molecule has 0 saturated carbocycles. The molecule has 0 unspecified atom stereocenters. The molecule has 0 fully saturated rings. The number of halogens is 2. The highest BCUT2D eigenvalue weighted by Gasteiger charge is 2.18. The highest BCUT2D eigenvalue weighted by molar-refractivity contribution is 5.63. The van der Waals surface area contributed by atoms with Gasteiger partial charge in [-0.25, -0.2) is 8.78 Å². The van der Waals surface area contributed by atoms with Crippen LogP contribution in [0.3, 0.4) is 0 Å². The first-order valence-corrected chi connectivity index (χ1v) is 5.30. The third-order valence-corrected chi connectivity index (χ3v) is 2.60. The van der Waals surface area contributed by atoms with Crippen molar-refractivity contribution in [3.8, 4) is 11.1 Å². The first-order chi connectivity index (χ1) is 8.18. The first kappa shape index (κ1) is 11.7. The Morgan fingerprint density at radius 2 is 1.29 bits per heavy atom. The molecule has 0 heterocycles. The summed E-state index contributed by atoms with van der Waals surface area (Å²) in [6, 6.07) is 16.1. The van der Waals surface area contributed by atoms with Crippen molar-refractivity contribution in [1.29, 1.82) is 0 Å². The van der Waals surface area contributed by atoms with Gasteiger partial charge in [0.1, 0.15) is 6.10 Å². The van der Waals surface area contributed by atoms with Crippen molar-refractivity contribution in [3.63, 3.8) is 0 Å². The number of aliphatic hydroxyl groups is 1. The summed E-state index contributed by atoms with van der Waals surface area (Å²) in [5, 5.41) is 9.21. The number of aliphatic hydroxyl groups excluding tert-OH is 1. The van der Waals surface area contributed by atoms with E-state index in [0.29, 0.717) is 0 Å². The van der Waals surface area contributed by atoms with Crippen LogP contribution in [0, 0.1) is 0 Å². The van der Waals surface area contributed by atoms with E-state index in [0.717, 1.165) is 11.1 Å². The van der Waals surface area contributed by atoms with E-state index in [-0.39, 0.29) is 5.56 Å². The normalized spacial score (nSPS) is 12.7. The second kappa shape index (κ2) is 5.06. The van der Waals surface area contributed by atoms with Gasteiger partial charge in [-0.05, 0) is 16.7 Å². The predicted molar refractivity (Wildman–Crippen MR) is 62.8 cm³/mol. The molecular formula is C14H12F2O. The molecule has 0 aromatic heterocycles. The second-order valence-corrected chi connectivity index (χ2v) is 3.77. The Morgan fingerprint density at radius 1 is 0.765 bits per heavy atom. The lowest BCUT2D eigenvalue weighted by Gasteiger charge is -2.10. The zero-order valence-electron chi connectivity index (χ0n) is 9.05. The van der Waals surface area contributed by atoms with Gasteiger partial charge in [0, 0.05) is 0 Å². The second-order valence-electron chi connectivity index (χ2n) is 3.77. The van der Waals surface area contributed by atoms with Crippen molar-refractivity contribution in [2.45, 2.75) is 12.5 Å². The fourth-order valence-electron chi connectivity index (χ4n) is 1.65. The molecule has 88 valence electrons. The lowest BCUT2D eigenvalue weighted by atomic mass is 10.0. The summed E-state index contributed by atoms with van der Waals surface area (Å²) in [6.07, 6.45) is -4.46. The van der Waals surface area contributed by atoms with E-state index in [1.165, 1.54) is 12.1 Å². The van der Waals surface area contributed by atoms with Crippen LogP contribution in [0.25, 0.3) is 11.1 Å². The molecule has 0 bridgehead atoms. The van der Waals surface area contributed by atoms with Gasteiger partial charge in [-0.15, -0.1) is 0 Å². The average molecular weight is 234 g/mol. The first-order valence-electron chi connectivity index (χ1n) is 5.30. The number of benzene rings is 2. The van der Waals surface area contributed by atoms with Gasteiger partial charge in [-0.3, -0.25) is 0 Å². The maximum atomic E-state index is 12.3. The van der Waals surface area contributed by atoms with Crippen LogP contribution < -0.4 is 0 Å². The molecule has 0 aliphatic carbocycles. The Labute approximate surface area is 98.3 Å². The van der Waals surface area contributed by atoms with E-state index < -0.39 is 12.5 Å². The molecule has 3 heteroatoms. The van der Waals surface area contributed by atoms with Crippen LogP contribution in [0.15, 0.2) is 54.6 Å². The number of hydrogen-bond donors (Lipinski definition) is 1. The van der Waals surface area contributed by atoms with Gasteiger partial charge in [0.25, 0.3) is 6.43 Å². The molecule has 2 rings (SSSR count). The third kappa shape index (κ3) is 2.68. The highest BCUT2D eigenvalue weighted by atomic mass is 19.3. The lowest BCUT2D eigenvalue weighted by Crippen LogP contribution is -2.07. The molecule has 1 atom stereocenters. The standard InChI is InChI=1S/C14H12F2O/c15-14(16)13(17)12-8-6-11(7-9-12)10-4-2-1-3-5-10/h1-9,13-14,17H/t13-/m1/s1. The molecule has 1 N–H and O–H groups in total. The van der Waals surface area contributed by atoms with E-state index >= 15 is 0 Å². The minimum Gasteiger partial charge on any atom is -0.382 e. The lowest BCUT2D eigenvalue weighted by molar-refractivity contribution is -0.00577. The van der Waals surface area contributed by atoms with Crippen LogP contribution in [-0.4, -0.2) is 11.5 Å². The monoisotopic (exact) mass is 234 g/mol. The van der Waals surface area contributed by atoms with Crippen LogP contribution in [0.5, 0.6) is 0 Å². The van der Waals surface area contributed by atoms with Crippen molar-refractivity contribution in [2.75, 3.05) is 0 Å². The molecular weight excluding hydrogens is 222 g/mol. The maximum absolute atomic E-state index is 12.3. The van der Waals surface area contributed by atoms with Crippen molar-refractivity contribution < 1.29 is 13.9 Å². The van der Waals surface area contributed by atoms with E-state index in [1.807, 2.05) is 30.3 Å². The van der Waals surface area contributed by atoms with Gasteiger partial charge in [-0.1, -0.05) is 54.6 Å². The molecule has 0 amide bonds. The smallest absolute Gasteiger partial charge is 0.268 e. The van der Waals surface area contributed by atoms with Gasteiger partial charge < -0.3 is 5.11 Å². The van der Waals surface area contributed by atoms with Crippen molar-refractivity contribution in [2.24, 2.45) is 0 Å². The van der Waals surface area contributed by atoms with E-state index in [2.05, 4.69) is 0 Å². The van der Waals surface area contributed by atoms with Gasteiger partial charge in [0.15, 0.2) is 0 Å². The molecule has 0 spiro atoms. The predicted octanol–water partition coefficient (Wildman–Crippen LogP) is 3.65. The molecule has 2 aromatic carbocycles. The van der Waals surface area contributed by atoms with Gasteiger partial charge in [0.05, 0.1) is 0 Å².